The minimum Gasteiger partial charge on any atom is -0.497 e. The fourth-order valence-corrected chi connectivity index (χ4v) is 3.63. The number of oxazole rings is 1. The number of carbonyl (C=O) groups is 1. The third kappa shape index (κ3) is 3.77. The van der Waals surface area contributed by atoms with Crippen LogP contribution in [0.3, 0.4) is 0 Å². The number of benzene rings is 2. The summed E-state index contributed by atoms with van der Waals surface area (Å²) in [6.07, 6.45) is 4.21. The molecule has 0 atom stereocenters. The summed E-state index contributed by atoms with van der Waals surface area (Å²) in [4.78, 5) is 20.2. The largest absolute Gasteiger partial charge is 0.497 e. The van der Waals surface area contributed by atoms with Crippen molar-refractivity contribution in [2.45, 2.75) is 44.2 Å². The van der Waals surface area contributed by atoms with Crippen LogP contribution in [0.5, 0.6) is 5.75 Å². The molecule has 1 heterocycles. The third-order valence-electron chi connectivity index (χ3n) is 5.59. The zero-order valence-corrected chi connectivity index (χ0v) is 16.5. The molecule has 29 heavy (non-hydrogen) atoms. The van der Waals surface area contributed by atoms with Gasteiger partial charge in [0.25, 0.3) is 5.91 Å². The summed E-state index contributed by atoms with van der Waals surface area (Å²) >= 11 is 0. The van der Waals surface area contributed by atoms with Gasteiger partial charge in [0.2, 0.25) is 5.89 Å². The second kappa shape index (κ2) is 7.39. The molecule has 0 unspecified atom stereocenters. The molecule has 5 heteroatoms. The second-order valence-corrected chi connectivity index (χ2v) is 7.88. The maximum absolute atomic E-state index is 13.5. The molecule has 0 bridgehead atoms. The minimum absolute atomic E-state index is 0.0175. The first-order chi connectivity index (χ1) is 14.2. The van der Waals surface area contributed by atoms with Crippen molar-refractivity contribution in [3.05, 3.63) is 71.6 Å². The fourth-order valence-electron chi connectivity index (χ4n) is 3.63. The van der Waals surface area contributed by atoms with Gasteiger partial charge in [-0.05, 0) is 55.5 Å². The van der Waals surface area contributed by atoms with E-state index in [1.807, 2.05) is 59.5 Å². The summed E-state index contributed by atoms with van der Waals surface area (Å²) in [6, 6.07) is 18.0. The summed E-state index contributed by atoms with van der Waals surface area (Å²) in [5, 5.41) is 0. The first kappa shape index (κ1) is 18.0. The van der Waals surface area contributed by atoms with Crippen molar-refractivity contribution < 1.29 is 13.9 Å². The van der Waals surface area contributed by atoms with Crippen LogP contribution in [0.1, 0.15) is 53.4 Å². The average Bonchev–Trinajstić information content (AvgIpc) is 3.71. The SMILES string of the molecule is COc1ccc(CN(C(=O)c2nc(-c3ccccc3)oc2C2CC2)C2CC2)cc1. The molecule has 5 rings (SSSR count). The van der Waals surface area contributed by atoms with Crippen LogP contribution in [0, 0.1) is 0 Å². The van der Waals surface area contributed by atoms with Crippen LogP contribution in [0.25, 0.3) is 11.5 Å². The topological polar surface area (TPSA) is 55.6 Å². The standard InChI is InChI=1S/C24H24N2O3/c1-28-20-13-7-16(8-14-20)15-26(19-11-12-19)24(27)21-22(17-9-10-17)29-23(25-21)18-5-3-2-4-6-18/h2-8,13-14,17,19H,9-12,15H2,1H3. The van der Waals surface area contributed by atoms with E-state index in [2.05, 4.69) is 4.98 Å². The molecule has 2 fully saturated rings. The predicted octanol–water partition coefficient (Wildman–Crippen LogP) is 5.03. The second-order valence-electron chi connectivity index (χ2n) is 7.88. The first-order valence-corrected chi connectivity index (χ1v) is 10.2. The lowest BCUT2D eigenvalue weighted by Crippen LogP contribution is -2.33. The van der Waals surface area contributed by atoms with E-state index in [4.69, 9.17) is 9.15 Å². The van der Waals surface area contributed by atoms with Crippen LogP contribution in [0.15, 0.2) is 59.0 Å². The molecule has 3 aromatic rings. The van der Waals surface area contributed by atoms with Gasteiger partial charge in [-0.2, -0.15) is 0 Å². The van der Waals surface area contributed by atoms with Gasteiger partial charge in [0.05, 0.1) is 7.11 Å². The molecule has 0 radical (unpaired) electrons. The summed E-state index contributed by atoms with van der Waals surface area (Å²) in [5.74, 6) is 2.42. The van der Waals surface area contributed by atoms with E-state index in [0.717, 1.165) is 48.3 Å². The molecule has 0 aliphatic heterocycles. The van der Waals surface area contributed by atoms with Crippen LogP contribution < -0.4 is 4.74 Å². The van der Waals surface area contributed by atoms with Crippen molar-refractivity contribution in [2.75, 3.05) is 7.11 Å². The minimum atomic E-state index is -0.0175. The number of ether oxygens (including phenoxy) is 1. The number of aromatic nitrogens is 1. The van der Waals surface area contributed by atoms with E-state index in [0.29, 0.717) is 24.0 Å². The lowest BCUT2D eigenvalue weighted by Gasteiger charge is -2.22. The molecule has 148 valence electrons. The Kier molecular flexibility index (Phi) is 4.58. The van der Waals surface area contributed by atoms with Crippen LogP contribution in [0.4, 0.5) is 0 Å². The number of nitrogens with zero attached hydrogens (tertiary/aromatic N) is 2. The molecular formula is C24H24N2O3. The Bertz CT molecular complexity index is 1000. The van der Waals surface area contributed by atoms with Crippen LogP contribution >= 0.6 is 0 Å². The number of rotatable bonds is 7. The van der Waals surface area contributed by atoms with Gasteiger partial charge in [-0.15, -0.1) is 0 Å². The maximum Gasteiger partial charge on any atom is 0.276 e. The van der Waals surface area contributed by atoms with E-state index in [-0.39, 0.29) is 11.9 Å². The van der Waals surface area contributed by atoms with Crippen molar-refractivity contribution in [3.63, 3.8) is 0 Å². The molecule has 0 saturated heterocycles. The van der Waals surface area contributed by atoms with Crippen molar-refractivity contribution in [2.24, 2.45) is 0 Å². The molecule has 5 nitrogen and oxygen atoms in total. The summed E-state index contributed by atoms with van der Waals surface area (Å²) < 4.78 is 11.3. The Morgan fingerprint density at radius 3 is 2.41 bits per heavy atom. The Morgan fingerprint density at radius 1 is 1.07 bits per heavy atom. The van der Waals surface area contributed by atoms with Crippen molar-refractivity contribution in [1.29, 1.82) is 0 Å². The summed E-state index contributed by atoms with van der Waals surface area (Å²) in [6.45, 7) is 0.575. The van der Waals surface area contributed by atoms with E-state index in [1.165, 1.54) is 0 Å². The molecular weight excluding hydrogens is 364 g/mol. The highest BCUT2D eigenvalue weighted by molar-refractivity contribution is 5.94. The monoisotopic (exact) mass is 388 g/mol. The Morgan fingerprint density at radius 2 is 1.79 bits per heavy atom. The van der Waals surface area contributed by atoms with Gasteiger partial charge in [-0.25, -0.2) is 4.98 Å². The number of amides is 1. The van der Waals surface area contributed by atoms with Crippen LogP contribution in [-0.2, 0) is 6.54 Å². The Balaban J connectivity index is 1.45. The molecule has 1 aromatic heterocycles. The molecule has 0 spiro atoms. The van der Waals surface area contributed by atoms with E-state index in [9.17, 15) is 4.79 Å². The van der Waals surface area contributed by atoms with Crippen LogP contribution in [-0.4, -0.2) is 28.9 Å². The van der Waals surface area contributed by atoms with E-state index >= 15 is 0 Å². The van der Waals surface area contributed by atoms with Crippen molar-refractivity contribution >= 4 is 5.91 Å². The van der Waals surface area contributed by atoms with Gasteiger partial charge < -0.3 is 14.1 Å². The molecule has 1 amide bonds. The highest BCUT2D eigenvalue weighted by atomic mass is 16.5. The summed E-state index contributed by atoms with van der Waals surface area (Å²) in [7, 11) is 1.66. The highest BCUT2D eigenvalue weighted by Crippen LogP contribution is 2.44. The van der Waals surface area contributed by atoms with Crippen molar-refractivity contribution in [1.82, 2.24) is 9.88 Å². The number of hydrogen-bond acceptors (Lipinski definition) is 4. The third-order valence-corrected chi connectivity index (χ3v) is 5.59. The smallest absolute Gasteiger partial charge is 0.276 e. The zero-order valence-electron chi connectivity index (χ0n) is 16.5. The van der Waals surface area contributed by atoms with Gasteiger partial charge in [0, 0.05) is 24.1 Å². The number of carbonyl (C=O) groups excluding carboxylic acids is 1. The summed E-state index contributed by atoms with van der Waals surface area (Å²) in [5.41, 5.74) is 2.49. The van der Waals surface area contributed by atoms with Crippen molar-refractivity contribution in [3.8, 4) is 17.2 Å². The lowest BCUT2D eigenvalue weighted by atomic mass is 10.1. The first-order valence-electron chi connectivity index (χ1n) is 10.2. The number of hydrogen-bond donors (Lipinski definition) is 0. The molecule has 0 N–H and O–H groups in total. The van der Waals surface area contributed by atoms with Gasteiger partial charge in [0.1, 0.15) is 11.5 Å². The fraction of sp³-hybridized carbons (Fsp3) is 0.333. The molecule has 2 aliphatic rings. The van der Waals surface area contributed by atoms with E-state index in [1.54, 1.807) is 7.11 Å². The quantitative estimate of drug-likeness (QED) is 0.569. The predicted molar refractivity (Wildman–Crippen MR) is 110 cm³/mol. The van der Waals surface area contributed by atoms with Gasteiger partial charge in [-0.3, -0.25) is 4.79 Å². The van der Waals surface area contributed by atoms with E-state index < -0.39 is 0 Å². The Labute approximate surface area is 170 Å². The Hall–Kier alpha value is -3.08. The van der Waals surface area contributed by atoms with Gasteiger partial charge in [-0.1, -0.05) is 30.3 Å². The van der Waals surface area contributed by atoms with Crippen LogP contribution in [0.2, 0.25) is 0 Å². The molecule has 2 aliphatic carbocycles. The van der Waals surface area contributed by atoms with Gasteiger partial charge in [0.15, 0.2) is 5.69 Å². The highest BCUT2D eigenvalue weighted by Gasteiger charge is 2.39. The van der Waals surface area contributed by atoms with Gasteiger partial charge >= 0.3 is 0 Å². The zero-order chi connectivity index (χ0) is 19.8. The lowest BCUT2D eigenvalue weighted by molar-refractivity contribution is 0.0722. The maximum atomic E-state index is 13.5. The molecule has 2 saturated carbocycles. The number of methoxy groups -OCH3 is 1. The average molecular weight is 388 g/mol. The normalized spacial score (nSPS) is 15.9. The molecule has 2 aromatic carbocycles.